The van der Waals surface area contributed by atoms with Gasteiger partial charge >= 0.3 is 0 Å². The molecule has 0 aromatic carbocycles. The Bertz CT molecular complexity index is 246. The second-order valence-corrected chi connectivity index (χ2v) is 6.31. The smallest absolute Gasteiger partial charge is 0.0474 e. The van der Waals surface area contributed by atoms with Crippen LogP contribution in [0.1, 0.15) is 51.9 Å². The van der Waals surface area contributed by atoms with Crippen molar-refractivity contribution in [1.29, 1.82) is 0 Å². The molecule has 0 aromatic rings. The van der Waals surface area contributed by atoms with E-state index < -0.39 is 0 Å². The summed E-state index contributed by atoms with van der Waals surface area (Å²) in [5, 5.41) is 13.2. The van der Waals surface area contributed by atoms with E-state index in [4.69, 9.17) is 5.73 Å². The van der Waals surface area contributed by atoms with Crippen LogP contribution in [0.2, 0.25) is 0 Å². The van der Waals surface area contributed by atoms with E-state index in [1.165, 1.54) is 44.9 Å². The summed E-state index contributed by atoms with van der Waals surface area (Å²) in [4.78, 5) is 0. The zero-order valence-electron chi connectivity index (χ0n) is 11.1. The molecule has 2 fully saturated rings. The zero-order valence-corrected chi connectivity index (χ0v) is 11.1. The molecule has 2 saturated carbocycles. The molecule has 0 bridgehead atoms. The lowest BCUT2D eigenvalue weighted by Crippen LogP contribution is -2.58. The van der Waals surface area contributed by atoms with Gasteiger partial charge in [-0.05, 0) is 37.5 Å². The van der Waals surface area contributed by atoms with Crippen LogP contribution >= 0.6 is 0 Å². The van der Waals surface area contributed by atoms with Gasteiger partial charge in [0.2, 0.25) is 0 Å². The van der Waals surface area contributed by atoms with Crippen molar-refractivity contribution in [3.8, 4) is 0 Å². The van der Waals surface area contributed by atoms with E-state index in [1.807, 2.05) is 0 Å². The molecule has 2 aliphatic carbocycles. The molecule has 4 N–H and O–H groups in total. The number of nitrogens with one attached hydrogen (secondary N) is 1. The zero-order chi connectivity index (χ0) is 12.3. The molecule has 2 aliphatic rings. The van der Waals surface area contributed by atoms with Crippen LogP contribution in [0.25, 0.3) is 0 Å². The fraction of sp³-hybridized carbons (Fsp3) is 1.00. The number of rotatable bonds is 4. The lowest BCUT2D eigenvalue weighted by molar-refractivity contribution is 0.139. The minimum atomic E-state index is 0.153. The summed E-state index contributed by atoms with van der Waals surface area (Å²) in [5.41, 5.74) is 6.19. The fourth-order valence-corrected chi connectivity index (χ4v) is 3.87. The molecule has 17 heavy (non-hydrogen) atoms. The Labute approximate surface area is 105 Å². The predicted molar refractivity (Wildman–Crippen MR) is 70.8 cm³/mol. The molecule has 0 aromatic heterocycles. The van der Waals surface area contributed by atoms with E-state index in [9.17, 15) is 5.11 Å². The Hall–Kier alpha value is -0.120. The molecule has 0 radical (unpaired) electrons. The highest BCUT2D eigenvalue weighted by Crippen LogP contribution is 2.35. The fourth-order valence-electron chi connectivity index (χ4n) is 3.87. The first-order chi connectivity index (χ1) is 8.19. The van der Waals surface area contributed by atoms with Crippen LogP contribution in [-0.2, 0) is 0 Å². The Balaban J connectivity index is 1.98. The van der Waals surface area contributed by atoms with E-state index in [2.05, 4.69) is 12.2 Å². The van der Waals surface area contributed by atoms with Gasteiger partial charge in [0.25, 0.3) is 0 Å². The molecule has 4 atom stereocenters. The van der Waals surface area contributed by atoms with Crippen LogP contribution in [0.15, 0.2) is 0 Å². The minimum Gasteiger partial charge on any atom is -0.396 e. The topological polar surface area (TPSA) is 58.3 Å². The molecular formula is C14H28N2O. The molecule has 3 heteroatoms. The summed E-state index contributed by atoms with van der Waals surface area (Å²) in [6.45, 7) is 3.41. The van der Waals surface area contributed by atoms with Crippen molar-refractivity contribution in [3.63, 3.8) is 0 Å². The average molecular weight is 240 g/mol. The van der Waals surface area contributed by atoms with Crippen molar-refractivity contribution >= 4 is 0 Å². The standard InChI is InChI=1S/C14H28N2O/c1-11-4-3-7-14(8-11,10-15)16-13-6-2-5-12(13)9-17/h11-13,16-17H,2-10,15H2,1H3. The van der Waals surface area contributed by atoms with Crippen molar-refractivity contribution < 1.29 is 5.11 Å². The van der Waals surface area contributed by atoms with E-state index in [0.717, 1.165) is 12.5 Å². The maximum Gasteiger partial charge on any atom is 0.0474 e. The molecule has 100 valence electrons. The third-order valence-corrected chi connectivity index (χ3v) is 4.87. The monoisotopic (exact) mass is 240 g/mol. The van der Waals surface area contributed by atoms with E-state index >= 15 is 0 Å². The first kappa shape index (κ1) is 13.3. The van der Waals surface area contributed by atoms with Crippen LogP contribution in [0.4, 0.5) is 0 Å². The summed E-state index contributed by atoms with van der Waals surface area (Å²) in [6.07, 6.45) is 8.69. The highest BCUT2D eigenvalue weighted by Gasteiger charge is 2.38. The van der Waals surface area contributed by atoms with Crippen LogP contribution in [0.5, 0.6) is 0 Å². The molecule has 0 saturated heterocycles. The van der Waals surface area contributed by atoms with Crippen LogP contribution in [0, 0.1) is 11.8 Å². The van der Waals surface area contributed by atoms with Gasteiger partial charge in [0.05, 0.1) is 0 Å². The molecule has 3 nitrogen and oxygen atoms in total. The van der Waals surface area contributed by atoms with E-state index in [1.54, 1.807) is 0 Å². The third-order valence-electron chi connectivity index (χ3n) is 4.87. The van der Waals surface area contributed by atoms with Gasteiger partial charge in [-0.25, -0.2) is 0 Å². The Kier molecular flexibility index (Phi) is 4.45. The molecule has 0 heterocycles. The summed E-state index contributed by atoms with van der Waals surface area (Å²) >= 11 is 0. The Morgan fingerprint density at radius 3 is 2.76 bits per heavy atom. The maximum absolute atomic E-state index is 9.40. The van der Waals surface area contributed by atoms with Gasteiger partial charge in [0.15, 0.2) is 0 Å². The highest BCUT2D eigenvalue weighted by atomic mass is 16.3. The summed E-state index contributed by atoms with van der Waals surface area (Å²) in [6, 6.07) is 0.494. The molecule has 0 spiro atoms. The van der Waals surface area contributed by atoms with Gasteiger partial charge in [0, 0.05) is 24.7 Å². The van der Waals surface area contributed by atoms with E-state index in [-0.39, 0.29) is 5.54 Å². The van der Waals surface area contributed by atoms with E-state index in [0.29, 0.717) is 18.6 Å². The van der Waals surface area contributed by atoms with Gasteiger partial charge in [-0.1, -0.05) is 26.2 Å². The Morgan fingerprint density at radius 2 is 2.12 bits per heavy atom. The lowest BCUT2D eigenvalue weighted by Gasteiger charge is -2.43. The van der Waals surface area contributed by atoms with Crippen LogP contribution < -0.4 is 11.1 Å². The van der Waals surface area contributed by atoms with Crippen molar-refractivity contribution in [2.45, 2.75) is 63.5 Å². The van der Waals surface area contributed by atoms with Gasteiger partial charge in [0.1, 0.15) is 0 Å². The summed E-state index contributed by atoms with van der Waals surface area (Å²) in [5.74, 6) is 1.24. The minimum absolute atomic E-state index is 0.153. The molecular weight excluding hydrogens is 212 g/mol. The molecule has 0 amide bonds. The number of hydrogen-bond acceptors (Lipinski definition) is 3. The molecule has 2 rings (SSSR count). The largest absolute Gasteiger partial charge is 0.396 e. The second kappa shape index (κ2) is 5.68. The number of aliphatic hydroxyl groups excluding tert-OH is 1. The second-order valence-electron chi connectivity index (χ2n) is 6.31. The SMILES string of the molecule is CC1CCCC(CN)(NC2CCCC2CO)C1. The summed E-state index contributed by atoms with van der Waals surface area (Å²) in [7, 11) is 0. The normalized spacial score (nSPS) is 42.9. The molecule has 0 aliphatic heterocycles. The Morgan fingerprint density at radius 1 is 1.29 bits per heavy atom. The predicted octanol–water partition coefficient (Wildman–Crippen LogP) is 1.64. The van der Waals surface area contributed by atoms with Crippen molar-refractivity contribution in [2.24, 2.45) is 17.6 Å². The van der Waals surface area contributed by atoms with Crippen LogP contribution in [-0.4, -0.2) is 29.8 Å². The highest BCUT2D eigenvalue weighted by molar-refractivity contribution is 4.98. The van der Waals surface area contributed by atoms with Gasteiger partial charge in [-0.15, -0.1) is 0 Å². The van der Waals surface area contributed by atoms with Crippen molar-refractivity contribution in [1.82, 2.24) is 5.32 Å². The summed E-state index contributed by atoms with van der Waals surface area (Å²) < 4.78 is 0. The van der Waals surface area contributed by atoms with Crippen LogP contribution in [0.3, 0.4) is 0 Å². The average Bonchev–Trinajstić information content (AvgIpc) is 2.76. The van der Waals surface area contributed by atoms with Gasteiger partial charge in [-0.2, -0.15) is 0 Å². The number of nitrogens with two attached hydrogens (primary N) is 1. The van der Waals surface area contributed by atoms with Crippen molar-refractivity contribution in [3.05, 3.63) is 0 Å². The third kappa shape index (κ3) is 3.01. The first-order valence-electron chi connectivity index (χ1n) is 7.28. The van der Waals surface area contributed by atoms with Crippen molar-refractivity contribution in [2.75, 3.05) is 13.2 Å². The van der Waals surface area contributed by atoms with Gasteiger partial charge < -0.3 is 16.2 Å². The first-order valence-corrected chi connectivity index (χ1v) is 7.28. The van der Waals surface area contributed by atoms with Gasteiger partial charge in [-0.3, -0.25) is 0 Å². The number of aliphatic hydroxyl groups is 1. The maximum atomic E-state index is 9.40. The molecule has 4 unspecified atom stereocenters. The quantitative estimate of drug-likeness (QED) is 0.700. The number of hydrogen-bond donors (Lipinski definition) is 3. The lowest BCUT2D eigenvalue weighted by atomic mass is 9.75.